The molecule has 0 atom stereocenters. The molecule has 2 heteroatoms. The topological polar surface area (TPSA) is 38.9 Å². The van der Waals surface area contributed by atoms with E-state index in [0.717, 1.165) is 5.56 Å². The number of nitrogens with zero attached hydrogens (tertiary/aromatic N) is 1. The van der Waals surface area contributed by atoms with Crippen molar-refractivity contribution in [2.45, 2.75) is 26.3 Å². The van der Waals surface area contributed by atoms with Crippen LogP contribution < -0.4 is 5.73 Å². The lowest BCUT2D eigenvalue weighted by Gasteiger charge is -2.05. The summed E-state index contributed by atoms with van der Waals surface area (Å²) >= 11 is 0. The number of hydrogen-bond donors (Lipinski definition) is 1. The first-order valence-electron chi connectivity index (χ1n) is 3.88. The van der Waals surface area contributed by atoms with Gasteiger partial charge in [-0.3, -0.25) is 4.98 Å². The number of nitrogens with two attached hydrogens (primary N) is 1. The molecule has 0 saturated heterocycles. The summed E-state index contributed by atoms with van der Waals surface area (Å²) in [5.41, 5.74) is 7.84. The Morgan fingerprint density at radius 1 is 1.45 bits per heavy atom. The van der Waals surface area contributed by atoms with Crippen molar-refractivity contribution in [2.75, 3.05) is 0 Å². The highest BCUT2D eigenvalue weighted by atomic mass is 14.6. The largest absolute Gasteiger partial charge is 0.326 e. The number of aromatic nitrogens is 1. The predicted molar refractivity (Wildman–Crippen MR) is 46.2 cm³/mol. The molecule has 0 unspecified atom stereocenters. The van der Waals surface area contributed by atoms with E-state index in [1.54, 1.807) is 0 Å². The lowest BCUT2D eigenvalue weighted by atomic mass is 10.0. The fourth-order valence-electron chi connectivity index (χ4n) is 0.935. The van der Waals surface area contributed by atoms with Crippen molar-refractivity contribution >= 4 is 0 Å². The van der Waals surface area contributed by atoms with E-state index < -0.39 is 0 Å². The zero-order valence-corrected chi connectivity index (χ0v) is 7.04. The summed E-state index contributed by atoms with van der Waals surface area (Å²) in [4.78, 5) is 4.10. The van der Waals surface area contributed by atoms with Gasteiger partial charge in [0.2, 0.25) is 0 Å². The van der Waals surface area contributed by atoms with Gasteiger partial charge in [0.05, 0.1) is 0 Å². The van der Waals surface area contributed by atoms with Gasteiger partial charge in [0, 0.05) is 18.9 Å². The molecule has 0 radical (unpaired) electrons. The van der Waals surface area contributed by atoms with Gasteiger partial charge in [-0.2, -0.15) is 0 Å². The number of pyridine rings is 1. The Morgan fingerprint density at radius 2 is 2.18 bits per heavy atom. The van der Waals surface area contributed by atoms with Gasteiger partial charge in [0.25, 0.3) is 0 Å². The Morgan fingerprint density at radius 3 is 2.73 bits per heavy atom. The van der Waals surface area contributed by atoms with E-state index in [-0.39, 0.29) is 0 Å². The van der Waals surface area contributed by atoms with Crippen molar-refractivity contribution in [3.63, 3.8) is 0 Å². The molecule has 0 bridgehead atoms. The predicted octanol–water partition coefficient (Wildman–Crippen LogP) is 1.66. The second-order valence-corrected chi connectivity index (χ2v) is 2.99. The lowest BCUT2D eigenvalue weighted by molar-refractivity contribution is 0.850. The minimum Gasteiger partial charge on any atom is -0.326 e. The maximum Gasteiger partial charge on any atom is 0.0312 e. The summed E-state index contributed by atoms with van der Waals surface area (Å²) in [6, 6.07) is 2.11. The smallest absolute Gasteiger partial charge is 0.0312 e. The molecule has 1 heterocycles. The van der Waals surface area contributed by atoms with Gasteiger partial charge in [-0.25, -0.2) is 0 Å². The summed E-state index contributed by atoms with van der Waals surface area (Å²) in [5, 5.41) is 0. The Balaban J connectivity index is 2.91. The molecule has 0 fully saturated rings. The van der Waals surface area contributed by atoms with Gasteiger partial charge in [-0.15, -0.1) is 0 Å². The minimum absolute atomic E-state index is 0.536. The highest BCUT2D eigenvalue weighted by Gasteiger charge is 1.98. The van der Waals surface area contributed by atoms with Gasteiger partial charge in [-0.05, 0) is 17.0 Å². The molecular weight excluding hydrogens is 136 g/mol. The fraction of sp³-hybridized carbons (Fsp3) is 0.444. The Hall–Kier alpha value is -0.890. The van der Waals surface area contributed by atoms with Crippen LogP contribution in [0.25, 0.3) is 0 Å². The molecule has 0 saturated carbocycles. The average molecular weight is 150 g/mol. The van der Waals surface area contributed by atoms with Crippen LogP contribution in [0.2, 0.25) is 0 Å². The maximum atomic E-state index is 5.48. The summed E-state index contributed by atoms with van der Waals surface area (Å²) in [6.45, 7) is 4.88. The summed E-state index contributed by atoms with van der Waals surface area (Å²) < 4.78 is 0. The van der Waals surface area contributed by atoms with Crippen LogP contribution in [0.5, 0.6) is 0 Å². The summed E-state index contributed by atoms with van der Waals surface area (Å²) in [6.07, 6.45) is 3.70. The van der Waals surface area contributed by atoms with Crippen LogP contribution in [0.1, 0.15) is 30.9 Å². The molecule has 0 aliphatic heterocycles. The third-order valence-electron chi connectivity index (χ3n) is 1.72. The van der Waals surface area contributed by atoms with Crippen LogP contribution >= 0.6 is 0 Å². The molecule has 2 nitrogen and oxygen atoms in total. The van der Waals surface area contributed by atoms with E-state index in [2.05, 4.69) is 24.9 Å². The molecule has 0 spiro atoms. The zero-order chi connectivity index (χ0) is 8.27. The minimum atomic E-state index is 0.536. The number of hydrogen-bond acceptors (Lipinski definition) is 2. The van der Waals surface area contributed by atoms with E-state index in [4.69, 9.17) is 5.73 Å². The van der Waals surface area contributed by atoms with Crippen molar-refractivity contribution in [2.24, 2.45) is 5.73 Å². The first-order chi connectivity index (χ1) is 5.24. The second kappa shape index (κ2) is 3.49. The van der Waals surface area contributed by atoms with Crippen molar-refractivity contribution in [1.82, 2.24) is 4.98 Å². The Labute approximate surface area is 67.5 Å². The standard InChI is InChI=1S/C9H14N2/c1-7(2)9-3-8(4-10)5-11-6-9/h3,5-7H,4,10H2,1-2H3. The number of rotatable bonds is 2. The van der Waals surface area contributed by atoms with Crippen molar-refractivity contribution in [3.05, 3.63) is 29.6 Å². The highest BCUT2D eigenvalue weighted by molar-refractivity contribution is 5.20. The molecule has 0 aliphatic rings. The molecule has 0 amide bonds. The molecule has 1 rings (SSSR count). The third kappa shape index (κ3) is 2.02. The lowest BCUT2D eigenvalue weighted by Crippen LogP contribution is -1.99. The van der Waals surface area contributed by atoms with Gasteiger partial charge < -0.3 is 5.73 Å². The van der Waals surface area contributed by atoms with Crippen molar-refractivity contribution in [1.29, 1.82) is 0 Å². The monoisotopic (exact) mass is 150 g/mol. The average Bonchev–Trinajstić information content (AvgIpc) is 2.05. The van der Waals surface area contributed by atoms with E-state index in [0.29, 0.717) is 12.5 Å². The van der Waals surface area contributed by atoms with Crippen LogP contribution in [-0.2, 0) is 6.54 Å². The zero-order valence-electron chi connectivity index (χ0n) is 7.04. The molecule has 11 heavy (non-hydrogen) atoms. The maximum absolute atomic E-state index is 5.48. The van der Waals surface area contributed by atoms with Crippen LogP contribution in [0.3, 0.4) is 0 Å². The first kappa shape index (κ1) is 8.21. The second-order valence-electron chi connectivity index (χ2n) is 2.99. The summed E-state index contributed by atoms with van der Waals surface area (Å²) in [7, 11) is 0. The van der Waals surface area contributed by atoms with Crippen LogP contribution in [0.4, 0.5) is 0 Å². The SMILES string of the molecule is CC(C)c1cncc(CN)c1. The van der Waals surface area contributed by atoms with Crippen LogP contribution in [0, 0.1) is 0 Å². The van der Waals surface area contributed by atoms with E-state index in [9.17, 15) is 0 Å². The molecule has 1 aromatic heterocycles. The molecular formula is C9H14N2. The van der Waals surface area contributed by atoms with Gasteiger partial charge in [0.15, 0.2) is 0 Å². The first-order valence-corrected chi connectivity index (χ1v) is 3.88. The quantitative estimate of drug-likeness (QED) is 0.696. The van der Waals surface area contributed by atoms with Gasteiger partial charge >= 0.3 is 0 Å². The fourth-order valence-corrected chi connectivity index (χ4v) is 0.935. The molecule has 2 N–H and O–H groups in total. The molecule has 1 aromatic rings. The van der Waals surface area contributed by atoms with Crippen molar-refractivity contribution < 1.29 is 0 Å². The summed E-state index contributed by atoms with van der Waals surface area (Å²) in [5.74, 6) is 0.536. The molecule has 0 aliphatic carbocycles. The molecule has 0 aromatic carbocycles. The molecule has 60 valence electrons. The highest BCUT2D eigenvalue weighted by Crippen LogP contribution is 2.13. The van der Waals surface area contributed by atoms with Crippen LogP contribution in [0.15, 0.2) is 18.5 Å². The van der Waals surface area contributed by atoms with E-state index in [1.165, 1.54) is 5.56 Å². The third-order valence-corrected chi connectivity index (χ3v) is 1.72. The van der Waals surface area contributed by atoms with Gasteiger partial charge in [-0.1, -0.05) is 19.9 Å². The normalized spacial score (nSPS) is 10.5. The Bertz CT molecular complexity index is 231. The Kier molecular flexibility index (Phi) is 2.60. The van der Waals surface area contributed by atoms with E-state index in [1.807, 2.05) is 12.4 Å². The van der Waals surface area contributed by atoms with E-state index >= 15 is 0 Å². The van der Waals surface area contributed by atoms with Crippen LogP contribution in [-0.4, -0.2) is 4.98 Å². The van der Waals surface area contributed by atoms with Crippen molar-refractivity contribution in [3.8, 4) is 0 Å². The van der Waals surface area contributed by atoms with Gasteiger partial charge in [0.1, 0.15) is 0 Å².